The van der Waals surface area contributed by atoms with Crippen LogP contribution in [0.4, 0.5) is 13.2 Å². The van der Waals surface area contributed by atoms with Gasteiger partial charge in [0.05, 0.1) is 27.8 Å². The van der Waals surface area contributed by atoms with Gasteiger partial charge in [0, 0.05) is 11.8 Å². The summed E-state index contributed by atoms with van der Waals surface area (Å²) in [7, 11) is 0. The van der Waals surface area contributed by atoms with E-state index in [9.17, 15) is 23.1 Å². The van der Waals surface area contributed by atoms with Crippen molar-refractivity contribution >= 4 is 29.1 Å². The highest BCUT2D eigenvalue weighted by atomic mass is 35.5. The number of hydrogen-bond donors (Lipinski definition) is 2. The summed E-state index contributed by atoms with van der Waals surface area (Å²) in [6.45, 7) is -1.53. The van der Waals surface area contributed by atoms with E-state index in [1.165, 1.54) is 24.3 Å². The minimum atomic E-state index is -4.55. The zero-order valence-electron chi connectivity index (χ0n) is 15.7. The Morgan fingerprint density at radius 3 is 2.60 bits per heavy atom. The second-order valence-electron chi connectivity index (χ2n) is 7.04. The molecule has 0 saturated heterocycles. The number of halogens is 5. The number of aromatic nitrogens is 1. The van der Waals surface area contributed by atoms with Crippen LogP contribution in [0.25, 0.3) is 11.1 Å². The fraction of sp³-hybridized carbons (Fsp3) is 0.400. The molecule has 162 valence electrons. The average Bonchev–Trinajstić information content (AvgIpc) is 2.69. The van der Waals surface area contributed by atoms with E-state index in [1.807, 2.05) is 0 Å². The lowest BCUT2D eigenvalue weighted by atomic mass is 9.92. The molecule has 1 aliphatic carbocycles. The Bertz CT molecular complexity index is 925. The Labute approximate surface area is 181 Å². The number of aliphatic hydroxyl groups excluding tert-OH is 1. The van der Waals surface area contributed by atoms with Crippen LogP contribution in [0.2, 0.25) is 10.0 Å². The van der Waals surface area contributed by atoms with Crippen molar-refractivity contribution in [3.05, 3.63) is 46.1 Å². The van der Waals surface area contributed by atoms with Crippen LogP contribution in [0.1, 0.15) is 36.0 Å². The molecule has 30 heavy (non-hydrogen) atoms. The molecule has 2 atom stereocenters. The van der Waals surface area contributed by atoms with Crippen molar-refractivity contribution in [2.45, 2.75) is 44.0 Å². The summed E-state index contributed by atoms with van der Waals surface area (Å²) in [5, 5.41) is 13.3. The lowest BCUT2D eigenvalue weighted by Gasteiger charge is -2.28. The highest BCUT2D eigenvalue weighted by Crippen LogP contribution is 2.34. The third kappa shape index (κ3) is 5.77. The lowest BCUT2D eigenvalue weighted by Crippen LogP contribution is -2.45. The second-order valence-corrected chi connectivity index (χ2v) is 7.86. The maximum Gasteiger partial charge on any atom is 0.422 e. The molecule has 1 amide bonds. The summed E-state index contributed by atoms with van der Waals surface area (Å²) in [6.07, 6.45) is -1.03. The Hall–Kier alpha value is -2.03. The first-order valence-corrected chi connectivity index (χ1v) is 10.0. The standard InChI is InChI=1S/C20H19Cl2F3N2O3/c21-14-6-5-11(8-15(14)22)13-7-12(9-26-19(13)30-10-20(23,24)25)18(29)27-16-3-1-2-4-17(16)28/h5-9,16-17,28H,1-4,10H2,(H,27,29)/t16-,17-/m1/s1. The Morgan fingerprint density at radius 1 is 1.20 bits per heavy atom. The van der Waals surface area contributed by atoms with Gasteiger partial charge in [-0.15, -0.1) is 0 Å². The third-order valence-corrected chi connectivity index (χ3v) is 5.50. The number of nitrogens with zero attached hydrogens (tertiary/aromatic N) is 1. The minimum Gasteiger partial charge on any atom is -0.468 e. The summed E-state index contributed by atoms with van der Waals surface area (Å²) in [4.78, 5) is 16.6. The highest BCUT2D eigenvalue weighted by molar-refractivity contribution is 6.42. The van der Waals surface area contributed by atoms with E-state index in [0.29, 0.717) is 18.4 Å². The summed E-state index contributed by atoms with van der Waals surface area (Å²) in [5.74, 6) is -0.780. The van der Waals surface area contributed by atoms with Gasteiger partial charge >= 0.3 is 6.18 Å². The SMILES string of the molecule is O=C(N[C@@H]1CCCC[C@H]1O)c1cnc(OCC(F)(F)F)c(-c2ccc(Cl)c(Cl)c2)c1. The number of pyridine rings is 1. The molecule has 5 nitrogen and oxygen atoms in total. The van der Waals surface area contributed by atoms with Crippen molar-refractivity contribution in [3.8, 4) is 17.0 Å². The highest BCUT2D eigenvalue weighted by Gasteiger charge is 2.30. The van der Waals surface area contributed by atoms with E-state index < -0.39 is 24.8 Å². The number of rotatable bonds is 5. The van der Waals surface area contributed by atoms with Crippen LogP contribution >= 0.6 is 23.2 Å². The number of alkyl halides is 3. The lowest BCUT2D eigenvalue weighted by molar-refractivity contribution is -0.154. The maximum atomic E-state index is 12.7. The van der Waals surface area contributed by atoms with Crippen LogP contribution in [-0.2, 0) is 0 Å². The monoisotopic (exact) mass is 462 g/mol. The van der Waals surface area contributed by atoms with Crippen molar-refractivity contribution in [2.75, 3.05) is 6.61 Å². The Morgan fingerprint density at radius 2 is 1.93 bits per heavy atom. The minimum absolute atomic E-state index is 0.119. The smallest absolute Gasteiger partial charge is 0.422 e. The zero-order valence-corrected chi connectivity index (χ0v) is 17.2. The van der Waals surface area contributed by atoms with Gasteiger partial charge in [-0.3, -0.25) is 4.79 Å². The molecule has 1 fully saturated rings. The van der Waals surface area contributed by atoms with Gasteiger partial charge in [0.1, 0.15) is 0 Å². The predicted molar refractivity (Wildman–Crippen MR) is 107 cm³/mol. The molecule has 1 saturated carbocycles. The van der Waals surface area contributed by atoms with Crippen molar-refractivity contribution in [2.24, 2.45) is 0 Å². The summed E-state index contributed by atoms with van der Waals surface area (Å²) >= 11 is 12.0. The first-order valence-electron chi connectivity index (χ1n) is 9.28. The molecule has 0 bridgehead atoms. The van der Waals surface area contributed by atoms with Crippen molar-refractivity contribution < 1.29 is 27.8 Å². The molecule has 0 radical (unpaired) electrons. The molecule has 1 heterocycles. The van der Waals surface area contributed by atoms with Gasteiger partial charge in [-0.25, -0.2) is 4.98 Å². The average molecular weight is 463 g/mol. The van der Waals surface area contributed by atoms with Crippen LogP contribution in [0.15, 0.2) is 30.5 Å². The largest absolute Gasteiger partial charge is 0.468 e. The number of amides is 1. The number of aliphatic hydroxyl groups is 1. The molecule has 0 spiro atoms. The normalized spacial score (nSPS) is 19.4. The molecule has 3 rings (SSSR count). The van der Waals surface area contributed by atoms with Crippen LogP contribution in [-0.4, -0.2) is 40.9 Å². The predicted octanol–water partition coefficient (Wildman–Crippen LogP) is 5.03. The van der Waals surface area contributed by atoms with E-state index >= 15 is 0 Å². The van der Waals surface area contributed by atoms with E-state index in [1.54, 1.807) is 0 Å². The molecular formula is C20H19Cl2F3N2O3. The summed E-state index contributed by atoms with van der Waals surface area (Å²) in [6, 6.07) is 5.47. The van der Waals surface area contributed by atoms with Gasteiger partial charge in [0.15, 0.2) is 6.61 Å². The molecule has 1 aliphatic rings. The molecule has 2 N–H and O–H groups in total. The van der Waals surface area contributed by atoms with Crippen molar-refractivity contribution in [1.29, 1.82) is 0 Å². The number of hydrogen-bond acceptors (Lipinski definition) is 4. The summed E-state index contributed by atoms with van der Waals surface area (Å²) in [5.41, 5.74) is 0.671. The van der Waals surface area contributed by atoms with Crippen LogP contribution in [0.5, 0.6) is 5.88 Å². The molecular weight excluding hydrogens is 444 g/mol. The zero-order chi connectivity index (χ0) is 21.9. The molecule has 10 heteroatoms. The second kappa shape index (κ2) is 9.41. The van der Waals surface area contributed by atoms with Gasteiger partial charge in [-0.05, 0) is 36.6 Å². The van der Waals surface area contributed by atoms with Crippen LogP contribution in [0.3, 0.4) is 0 Å². The van der Waals surface area contributed by atoms with Crippen molar-refractivity contribution in [1.82, 2.24) is 10.3 Å². The van der Waals surface area contributed by atoms with Gasteiger partial charge < -0.3 is 15.2 Å². The number of benzene rings is 1. The van der Waals surface area contributed by atoms with Crippen molar-refractivity contribution in [3.63, 3.8) is 0 Å². The molecule has 2 aromatic rings. The van der Waals surface area contributed by atoms with Crippen LogP contribution in [0, 0.1) is 0 Å². The number of carbonyl (C=O) groups excluding carboxylic acids is 1. The van der Waals surface area contributed by atoms with E-state index in [2.05, 4.69) is 10.3 Å². The number of nitrogens with one attached hydrogen (secondary N) is 1. The fourth-order valence-electron chi connectivity index (χ4n) is 3.24. The molecule has 0 aliphatic heterocycles. The number of carbonyl (C=O) groups is 1. The maximum absolute atomic E-state index is 12.7. The summed E-state index contributed by atoms with van der Waals surface area (Å²) < 4.78 is 42.7. The van der Waals surface area contributed by atoms with Gasteiger partial charge in [0.2, 0.25) is 5.88 Å². The number of ether oxygens (including phenoxy) is 1. The van der Waals surface area contributed by atoms with Crippen LogP contribution < -0.4 is 10.1 Å². The first-order chi connectivity index (χ1) is 14.1. The quantitative estimate of drug-likeness (QED) is 0.653. The van der Waals surface area contributed by atoms with E-state index in [0.717, 1.165) is 19.0 Å². The molecule has 0 unspecified atom stereocenters. The van der Waals surface area contributed by atoms with Gasteiger partial charge in [-0.2, -0.15) is 13.2 Å². The Balaban J connectivity index is 1.91. The Kier molecular flexibility index (Phi) is 7.10. The van der Waals surface area contributed by atoms with Gasteiger partial charge in [-0.1, -0.05) is 42.1 Å². The van der Waals surface area contributed by atoms with Gasteiger partial charge in [0.25, 0.3) is 5.91 Å². The first kappa shape index (κ1) is 22.7. The fourth-order valence-corrected chi connectivity index (χ4v) is 3.54. The topological polar surface area (TPSA) is 71.5 Å². The molecule has 1 aromatic carbocycles. The molecule has 1 aromatic heterocycles. The van der Waals surface area contributed by atoms with E-state index in [4.69, 9.17) is 27.9 Å². The van der Waals surface area contributed by atoms with E-state index in [-0.39, 0.29) is 33.1 Å². The third-order valence-electron chi connectivity index (χ3n) is 4.76.